The summed E-state index contributed by atoms with van der Waals surface area (Å²) in [6.45, 7) is 5.21. The van der Waals surface area contributed by atoms with Crippen LogP contribution in [0.3, 0.4) is 0 Å². The zero-order valence-electron chi connectivity index (χ0n) is 17.7. The summed E-state index contributed by atoms with van der Waals surface area (Å²) in [6, 6.07) is 8.02. The molecule has 4 atom stereocenters. The average molecular weight is 441 g/mol. The van der Waals surface area contributed by atoms with E-state index in [2.05, 4.69) is 10.6 Å². The largest absolute Gasteiger partial charge is 0.480 e. The Morgan fingerprint density at radius 1 is 1.10 bits per heavy atom. The van der Waals surface area contributed by atoms with Crippen LogP contribution in [0.25, 0.3) is 0 Å². The summed E-state index contributed by atoms with van der Waals surface area (Å²) >= 11 is 0. The van der Waals surface area contributed by atoms with E-state index in [0.29, 0.717) is 6.42 Å². The maximum Gasteiger partial charge on any atom is 0.412 e. The van der Waals surface area contributed by atoms with Crippen molar-refractivity contribution in [3.05, 3.63) is 35.9 Å². The summed E-state index contributed by atoms with van der Waals surface area (Å²) in [4.78, 5) is 35.5. The van der Waals surface area contributed by atoms with Gasteiger partial charge in [0.05, 0.1) is 5.92 Å². The van der Waals surface area contributed by atoms with Gasteiger partial charge in [0.2, 0.25) is 5.91 Å². The second-order valence-electron chi connectivity index (χ2n) is 7.29. The first-order valence-corrected chi connectivity index (χ1v) is 11.1. The van der Waals surface area contributed by atoms with Gasteiger partial charge in [-0.15, -0.1) is 0 Å². The van der Waals surface area contributed by atoms with Gasteiger partial charge in [0, 0.05) is 7.11 Å². The molecule has 30 heavy (non-hydrogen) atoms. The van der Waals surface area contributed by atoms with Crippen molar-refractivity contribution in [3.8, 4) is 0 Å². The number of methoxy groups -OCH3 is 1. The van der Waals surface area contributed by atoms with Crippen molar-refractivity contribution in [2.45, 2.75) is 45.8 Å². The Morgan fingerprint density at radius 3 is 2.27 bits per heavy atom. The molecule has 0 aliphatic carbocycles. The van der Waals surface area contributed by atoms with Crippen LogP contribution in [0.5, 0.6) is 0 Å². The number of rotatable bonds is 12. The standard InChI is InChI=1S/C20H29N2O7P/c1-13(2)10-16(17(23)21-14(3)18(24)25)12-30(27)20(28-4)22-19(26)29-11-15-8-6-5-7-9-15/h5-9,13-14,16,20H,10-12H2,1-4H3,(H2-,21,22,23,24,25,26)/p+1/t14-,16?,20?/m0/s1. The number of ether oxygens (including phenoxy) is 2. The van der Waals surface area contributed by atoms with Crippen molar-refractivity contribution in [1.29, 1.82) is 0 Å². The van der Waals surface area contributed by atoms with Gasteiger partial charge in [-0.25, -0.2) is 4.79 Å². The Morgan fingerprint density at radius 2 is 1.73 bits per heavy atom. The molecule has 1 aromatic carbocycles. The second-order valence-corrected chi connectivity index (χ2v) is 8.96. The molecule has 10 heteroatoms. The molecule has 2 amide bonds. The number of amides is 2. The van der Waals surface area contributed by atoms with Gasteiger partial charge >= 0.3 is 25.8 Å². The molecule has 3 N–H and O–H groups in total. The highest BCUT2D eigenvalue weighted by molar-refractivity contribution is 7.45. The van der Waals surface area contributed by atoms with Crippen LogP contribution >= 0.6 is 7.80 Å². The zero-order chi connectivity index (χ0) is 22.7. The lowest BCUT2D eigenvalue weighted by Gasteiger charge is -2.18. The third-order valence-corrected chi connectivity index (χ3v) is 5.86. The molecule has 0 heterocycles. The molecule has 1 aromatic rings. The lowest BCUT2D eigenvalue weighted by Crippen LogP contribution is -2.43. The Labute approximate surface area is 177 Å². The minimum atomic E-state index is -2.18. The number of carbonyl (C=O) groups excluding carboxylic acids is 2. The second kappa shape index (κ2) is 12.9. The van der Waals surface area contributed by atoms with E-state index in [0.717, 1.165) is 5.56 Å². The first-order valence-electron chi connectivity index (χ1n) is 9.61. The van der Waals surface area contributed by atoms with Crippen molar-refractivity contribution in [1.82, 2.24) is 10.6 Å². The predicted octanol–water partition coefficient (Wildman–Crippen LogP) is 2.92. The summed E-state index contributed by atoms with van der Waals surface area (Å²) < 4.78 is 23.0. The molecule has 0 saturated carbocycles. The molecular formula is C20H30N2O7P+. The third-order valence-electron chi connectivity index (χ3n) is 4.20. The quantitative estimate of drug-likeness (QED) is 0.336. The van der Waals surface area contributed by atoms with E-state index in [9.17, 15) is 18.9 Å². The molecule has 166 valence electrons. The highest BCUT2D eigenvalue weighted by Crippen LogP contribution is 2.32. The lowest BCUT2D eigenvalue weighted by atomic mass is 9.98. The molecule has 0 spiro atoms. The fourth-order valence-electron chi connectivity index (χ4n) is 2.65. The molecule has 0 bridgehead atoms. The number of benzene rings is 1. The zero-order valence-corrected chi connectivity index (χ0v) is 18.6. The van der Waals surface area contributed by atoms with Crippen molar-refractivity contribution in [3.63, 3.8) is 0 Å². The van der Waals surface area contributed by atoms with Crippen LogP contribution in [0.2, 0.25) is 0 Å². The number of hydrogen-bond donors (Lipinski definition) is 3. The van der Waals surface area contributed by atoms with Crippen LogP contribution in [0.4, 0.5) is 4.79 Å². The van der Waals surface area contributed by atoms with Gasteiger partial charge in [-0.2, -0.15) is 0 Å². The molecular weight excluding hydrogens is 411 g/mol. The van der Waals surface area contributed by atoms with E-state index in [4.69, 9.17) is 14.6 Å². The summed E-state index contributed by atoms with van der Waals surface area (Å²) in [7, 11) is -0.886. The molecule has 0 aromatic heterocycles. The number of nitrogens with one attached hydrogen (secondary N) is 2. The van der Waals surface area contributed by atoms with Crippen LogP contribution in [0, 0.1) is 11.8 Å². The van der Waals surface area contributed by atoms with Crippen molar-refractivity contribution >= 4 is 25.8 Å². The first-order chi connectivity index (χ1) is 14.1. The summed E-state index contributed by atoms with van der Waals surface area (Å²) in [5, 5.41) is 13.8. The molecule has 0 radical (unpaired) electrons. The maximum absolute atomic E-state index is 12.8. The Bertz CT molecular complexity index is 727. The smallest absolute Gasteiger partial charge is 0.412 e. The fraction of sp³-hybridized carbons (Fsp3) is 0.550. The van der Waals surface area contributed by atoms with E-state index < -0.39 is 43.7 Å². The number of carboxylic acid groups (broad SMARTS) is 1. The fourth-order valence-corrected chi connectivity index (χ4v) is 4.08. The van der Waals surface area contributed by atoms with Gasteiger partial charge in [-0.05, 0) is 24.8 Å². The van der Waals surface area contributed by atoms with Crippen molar-refractivity contribution in [2.75, 3.05) is 13.3 Å². The van der Waals surface area contributed by atoms with Crippen LogP contribution in [0.15, 0.2) is 30.3 Å². The van der Waals surface area contributed by atoms with Gasteiger partial charge in [0.15, 0.2) is 6.16 Å². The summed E-state index contributed by atoms with van der Waals surface area (Å²) in [5.41, 5.74) is 0.798. The topological polar surface area (TPSA) is 131 Å². The average Bonchev–Trinajstić information content (AvgIpc) is 2.70. The van der Waals surface area contributed by atoms with E-state index in [1.54, 1.807) is 12.1 Å². The molecule has 3 unspecified atom stereocenters. The van der Waals surface area contributed by atoms with Crippen molar-refractivity contribution < 1.29 is 33.5 Å². The van der Waals surface area contributed by atoms with Crippen LogP contribution in [-0.2, 0) is 30.2 Å². The van der Waals surface area contributed by atoms with Gasteiger partial charge in [0.1, 0.15) is 12.6 Å². The van der Waals surface area contributed by atoms with Gasteiger partial charge < -0.3 is 19.9 Å². The SMILES string of the molecule is COC(NC(=O)OCc1ccccc1)[P+](=O)CC(CC(C)C)C(=O)N[C@@H](C)C(=O)O. The minimum Gasteiger partial charge on any atom is -0.480 e. The number of carboxylic acids is 1. The Hall–Kier alpha value is -2.51. The molecule has 1 rings (SSSR count). The highest BCUT2D eigenvalue weighted by Gasteiger charge is 2.38. The molecule has 0 saturated heterocycles. The van der Waals surface area contributed by atoms with Crippen LogP contribution in [0.1, 0.15) is 32.8 Å². The molecule has 0 aliphatic heterocycles. The summed E-state index contributed by atoms with van der Waals surface area (Å²) in [5.74, 6) is -3.36. The predicted molar refractivity (Wildman–Crippen MR) is 111 cm³/mol. The molecule has 0 aliphatic rings. The number of hydrogen-bond acceptors (Lipinski definition) is 6. The number of aliphatic carboxylic acids is 1. The summed E-state index contributed by atoms with van der Waals surface area (Å²) in [6.07, 6.45) is -0.449. The monoisotopic (exact) mass is 441 g/mol. The molecule has 9 nitrogen and oxygen atoms in total. The Kier molecular flexibility index (Phi) is 11.0. The van der Waals surface area contributed by atoms with Crippen LogP contribution < -0.4 is 10.6 Å². The Balaban J connectivity index is 2.68. The minimum absolute atomic E-state index is 0.0470. The third kappa shape index (κ3) is 9.33. The first kappa shape index (κ1) is 25.5. The normalized spacial score (nSPS) is 14.4. The number of alkyl carbamates (subject to hydrolysis) is 1. The van der Waals surface area contributed by atoms with Gasteiger partial charge in [0.25, 0.3) is 0 Å². The van der Waals surface area contributed by atoms with E-state index in [-0.39, 0.29) is 18.7 Å². The van der Waals surface area contributed by atoms with Crippen molar-refractivity contribution in [2.24, 2.45) is 11.8 Å². The number of carbonyl (C=O) groups is 3. The molecule has 0 fully saturated rings. The van der Waals surface area contributed by atoms with Gasteiger partial charge in [-0.1, -0.05) is 48.7 Å². The lowest BCUT2D eigenvalue weighted by molar-refractivity contribution is -0.141. The maximum atomic E-state index is 12.8. The van der Waals surface area contributed by atoms with E-state index in [1.165, 1.54) is 14.0 Å². The van der Waals surface area contributed by atoms with Gasteiger partial charge in [-0.3, -0.25) is 14.9 Å². The highest BCUT2D eigenvalue weighted by atomic mass is 31.1. The van der Waals surface area contributed by atoms with E-state index in [1.807, 2.05) is 32.0 Å². The van der Waals surface area contributed by atoms with Crippen LogP contribution in [-0.4, -0.2) is 48.4 Å². The van der Waals surface area contributed by atoms with E-state index >= 15 is 0 Å².